The Morgan fingerprint density at radius 2 is 0.926 bits per heavy atom. The average molecular weight is 352 g/mol. The van der Waals surface area contributed by atoms with E-state index in [1.165, 1.54) is 0 Å². The standard InChI is InChI=1S/C24H16O3/c25-21-13-23-19(11-17(21)15-7-3-1-4-8-15)20-12-18(16-9-5-2-6-10-16)22(26)14-24(20)27-23/h1-14,25-26H. The van der Waals surface area contributed by atoms with Crippen LogP contribution in [0.2, 0.25) is 0 Å². The molecule has 0 aliphatic carbocycles. The highest BCUT2D eigenvalue weighted by Crippen LogP contribution is 2.41. The van der Waals surface area contributed by atoms with Gasteiger partial charge in [-0.2, -0.15) is 0 Å². The van der Waals surface area contributed by atoms with Crippen molar-refractivity contribution in [1.82, 2.24) is 0 Å². The molecule has 2 N–H and O–H groups in total. The predicted octanol–water partition coefficient (Wildman–Crippen LogP) is 6.33. The summed E-state index contributed by atoms with van der Waals surface area (Å²) in [6.45, 7) is 0. The number of hydrogen-bond acceptors (Lipinski definition) is 3. The fraction of sp³-hybridized carbons (Fsp3) is 0. The van der Waals surface area contributed by atoms with Gasteiger partial charge in [0.25, 0.3) is 0 Å². The first-order chi connectivity index (χ1) is 13.2. The smallest absolute Gasteiger partial charge is 0.139 e. The van der Waals surface area contributed by atoms with E-state index in [1.807, 2.05) is 72.8 Å². The number of phenolic OH excluding ortho intramolecular Hbond substituents is 2. The Labute approximate surface area is 155 Å². The van der Waals surface area contributed by atoms with E-state index < -0.39 is 0 Å². The third kappa shape index (κ3) is 2.52. The average Bonchev–Trinajstić information content (AvgIpc) is 3.03. The van der Waals surface area contributed by atoms with Crippen molar-refractivity contribution in [3.63, 3.8) is 0 Å². The molecule has 3 heteroatoms. The van der Waals surface area contributed by atoms with Gasteiger partial charge in [0.15, 0.2) is 0 Å². The Balaban J connectivity index is 1.80. The highest BCUT2D eigenvalue weighted by atomic mass is 16.3. The van der Waals surface area contributed by atoms with Gasteiger partial charge in [-0.3, -0.25) is 0 Å². The van der Waals surface area contributed by atoms with Gasteiger partial charge in [0, 0.05) is 34.0 Å². The molecular formula is C24H16O3. The predicted molar refractivity (Wildman–Crippen MR) is 108 cm³/mol. The molecule has 0 amide bonds. The number of hydrogen-bond donors (Lipinski definition) is 2. The van der Waals surface area contributed by atoms with Crippen LogP contribution in [0.25, 0.3) is 44.2 Å². The van der Waals surface area contributed by atoms with Gasteiger partial charge in [-0.15, -0.1) is 0 Å². The summed E-state index contributed by atoms with van der Waals surface area (Å²) in [5.41, 5.74) is 4.56. The first kappa shape index (κ1) is 15.5. The van der Waals surface area contributed by atoms with Crippen LogP contribution < -0.4 is 0 Å². The molecule has 4 aromatic carbocycles. The van der Waals surface area contributed by atoms with Crippen LogP contribution in [0.15, 0.2) is 89.3 Å². The summed E-state index contributed by atoms with van der Waals surface area (Å²) < 4.78 is 5.88. The van der Waals surface area contributed by atoms with Gasteiger partial charge in [-0.05, 0) is 23.3 Å². The van der Waals surface area contributed by atoms with Gasteiger partial charge in [0.2, 0.25) is 0 Å². The third-order valence-electron chi connectivity index (χ3n) is 4.88. The zero-order valence-corrected chi connectivity index (χ0v) is 14.4. The molecule has 27 heavy (non-hydrogen) atoms. The lowest BCUT2D eigenvalue weighted by molar-refractivity contribution is 0.476. The molecule has 1 heterocycles. The molecule has 5 aromatic rings. The fourth-order valence-electron chi connectivity index (χ4n) is 3.54. The summed E-state index contributed by atoms with van der Waals surface area (Å²) in [4.78, 5) is 0. The fourth-order valence-corrected chi connectivity index (χ4v) is 3.54. The molecule has 0 fully saturated rings. The highest BCUT2D eigenvalue weighted by Gasteiger charge is 2.15. The van der Waals surface area contributed by atoms with Crippen LogP contribution in [-0.2, 0) is 0 Å². The highest BCUT2D eigenvalue weighted by molar-refractivity contribution is 6.09. The van der Waals surface area contributed by atoms with E-state index >= 15 is 0 Å². The number of rotatable bonds is 2. The molecule has 0 spiro atoms. The summed E-state index contributed by atoms with van der Waals surface area (Å²) in [5.74, 6) is 0.334. The SMILES string of the molecule is Oc1cc2oc3cc(O)c(-c4ccccc4)cc3c2cc1-c1ccccc1. The Hall–Kier alpha value is -3.72. The molecule has 0 aliphatic heterocycles. The Kier molecular flexibility index (Phi) is 3.41. The number of aromatic hydroxyl groups is 2. The van der Waals surface area contributed by atoms with Crippen molar-refractivity contribution in [2.45, 2.75) is 0 Å². The summed E-state index contributed by atoms with van der Waals surface area (Å²) >= 11 is 0. The van der Waals surface area contributed by atoms with Crippen molar-refractivity contribution in [3.8, 4) is 33.8 Å². The van der Waals surface area contributed by atoms with Crippen LogP contribution >= 0.6 is 0 Å². The van der Waals surface area contributed by atoms with Gasteiger partial charge in [0.1, 0.15) is 22.7 Å². The second kappa shape index (κ2) is 5.92. The largest absolute Gasteiger partial charge is 0.507 e. The zero-order valence-electron chi connectivity index (χ0n) is 14.4. The van der Waals surface area contributed by atoms with E-state index in [9.17, 15) is 10.2 Å². The lowest BCUT2D eigenvalue weighted by Crippen LogP contribution is -1.80. The van der Waals surface area contributed by atoms with E-state index in [0.29, 0.717) is 11.2 Å². The second-order valence-electron chi connectivity index (χ2n) is 6.57. The normalized spacial score (nSPS) is 11.3. The number of furan rings is 1. The zero-order chi connectivity index (χ0) is 18.4. The van der Waals surface area contributed by atoms with Crippen LogP contribution in [0.3, 0.4) is 0 Å². The van der Waals surface area contributed by atoms with Crippen molar-refractivity contribution in [1.29, 1.82) is 0 Å². The number of benzene rings is 4. The van der Waals surface area contributed by atoms with E-state index in [0.717, 1.165) is 33.0 Å². The second-order valence-corrected chi connectivity index (χ2v) is 6.57. The Morgan fingerprint density at radius 3 is 1.33 bits per heavy atom. The minimum absolute atomic E-state index is 0.167. The van der Waals surface area contributed by atoms with Crippen LogP contribution in [-0.4, -0.2) is 10.2 Å². The minimum Gasteiger partial charge on any atom is -0.507 e. The van der Waals surface area contributed by atoms with Gasteiger partial charge in [-0.1, -0.05) is 60.7 Å². The van der Waals surface area contributed by atoms with Crippen molar-refractivity contribution in [2.24, 2.45) is 0 Å². The molecule has 0 radical (unpaired) electrons. The van der Waals surface area contributed by atoms with Crippen molar-refractivity contribution in [2.75, 3.05) is 0 Å². The van der Waals surface area contributed by atoms with Crippen LogP contribution in [0.1, 0.15) is 0 Å². The van der Waals surface area contributed by atoms with E-state index in [-0.39, 0.29) is 11.5 Å². The first-order valence-electron chi connectivity index (χ1n) is 8.74. The number of fused-ring (bicyclic) bond motifs is 3. The maximum atomic E-state index is 10.5. The summed E-state index contributed by atoms with van der Waals surface area (Å²) in [5, 5.41) is 22.7. The van der Waals surface area contributed by atoms with Crippen molar-refractivity contribution < 1.29 is 14.6 Å². The molecule has 0 unspecified atom stereocenters. The van der Waals surface area contributed by atoms with E-state index in [2.05, 4.69) is 0 Å². The minimum atomic E-state index is 0.167. The van der Waals surface area contributed by atoms with Crippen LogP contribution in [0, 0.1) is 0 Å². The lowest BCUT2D eigenvalue weighted by atomic mass is 9.99. The van der Waals surface area contributed by atoms with Gasteiger partial charge < -0.3 is 14.6 Å². The van der Waals surface area contributed by atoms with Crippen LogP contribution in [0.5, 0.6) is 11.5 Å². The van der Waals surface area contributed by atoms with Crippen molar-refractivity contribution >= 4 is 21.9 Å². The molecular weight excluding hydrogens is 336 g/mol. The van der Waals surface area contributed by atoms with Gasteiger partial charge >= 0.3 is 0 Å². The van der Waals surface area contributed by atoms with Gasteiger partial charge in [0.05, 0.1) is 0 Å². The Bertz CT molecular complexity index is 1170. The first-order valence-corrected chi connectivity index (χ1v) is 8.74. The molecule has 3 nitrogen and oxygen atoms in total. The van der Waals surface area contributed by atoms with Gasteiger partial charge in [-0.25, -0.2) is 0 Å². The van der Waals surface area contributed by atoms with Crippen molar-refractivity contribution in [3.05, 3.63) is 84.9 Å². The molecule has 5 rings (SSSR count). The summed E-state index contributed by atoms with van der Waals surface area (Å²) in [6.07, 6.45) is 0. The van der Waals surface area contributed by atoms with E-state index in [4.69, 9.17) is 4.42 Å². The molecule has 0 saturated heterocycles. The topological polar surface area (TPSA) is 53.6 Å². The maximum absolute atomic E-state index is 10.5. The monoisotopic (exact) mass is 352 g/mol. The Morgan fingerprint density at radius 1 is 0.519 bits per heavy atom. The molecule has 1 aromatic heterocycles. The molecule has 130 valence electrons. The van der Waals surface area contributed by atoms with Crippen LogP contribution in [0.4, 0.5) is 0 Å². The number of phenols is 2. The molecule has 0 atom stereocenters. The maximum Gasteiger partial charge on any atom is 0.139 e. The quantitative estimate of drug-likeness (QED) is 0.390. The summed E-state index contributed by atoms with van der Waals surface area (Å²) in [6, 6.07) is 26.7. The lowest BCUT2D eigenvalue weighted by Gasteiger charge is -2.06. The van der Waals surface area contributed by atoms with E-state index in [1.54, 1.807) is 12.1 Å². The summed E-state index contributed by atoms with van der Waals surface area (Å²) in [7, 11) is 0. The molecule has 0 saturated carbocycles. The molecule has 0 aliphatic rings. The third-order valence-corrected chi connectivity index (χ3v) is 4.88. The molecule has 0 bridgehead atoms.